The quantitative estimate of drug-likeness (QED) is 0.629. The summed E-state index contributed by atoms with van der Waals surface area (Å²) in [6.45, 7) is 2.86. The van der Waals surface area contributed by atoms with E-state index in [0.29, 0.717) is 30.7 Å². The third-order valence-electron chi connectivity index (χ3n) is 3.69. The van der Waals surface area contributed by atoms with Gasteiger partial charge < -0.3 is 4.74 Å². The lowest BCUT2D eigenvalue weighted by Crippen LogP contribution is -2.31. The third kappa shape index (κ3) is 2.72. The van der Waals surface area contributed by atoms with Crippen LogP contribution in [0.4, 0.5) is 0 Å². The van der Waals surface area contributed by atoms with Crippen LogP contribution in [-0.4, -0.2) is 29.9 Å². The number of benzene rings is 2. The van der Waals surface area contributed by atoms with Crippen molar-refractivity contribution >= 4 is 11.8 Å². The van der Waals surface area contributed by atoms with Crippen molar-refractivity contribution in [1.82, 2.24) is 4.90 Å². The van der Waals surface area contributed by atoms with Gasteiger partial charge in [-0.05, 0) is 37.6 Å². The van der Waals surface area contributed by atoms with Crippen LogP contribution in [0.5, 0.6) is 5.75 Å². The Labute approximate surface area is 129 Å². The van der Waals surface area contributed by atoms with Gasteiger partial charge in [0.1, 0.15) is 5.75 Å². The molecule has 0 N–H and O–H groups in total. The molecule has 0 atom stereocenters. The molecule has 0 saturated heterocycles. The van der Waals surface area contributed by atoms with Crippen molar-refractivity contribution in [2.45, 2.75) is 13.3 Å². The van der Waals surface area contributed by atoms with E-state index in [0.717, 1.165) is 5.75 Å². The number of ether oxygens (including phenoxy) is 1. The molecular formula is C18H17NO3. The second-order valence-corrected chi connectivity index (χ2v) is 5.32. The zero-order valence-corrected chi connectivity index (χ0v) is 12.4. The zero-order chi connectivity index (χ0) is 15.5. The SMILES string of the molecule is Cc1ccc(OCCCN2C(=O)c3ccccc3C2=O)cc1. The summed E-state index contributed by atoms with van der Waals surface area (Å²) < 4.78 is 5.62. The van der Waals surface area contributed by atoms with Crippen molar-refractivity contribution in [2.75, 3.05) is 13.2 Å². The van der Waals surface area contributed by atoms with E-state index in [2.05, 4.69) is 0 Å². The Kier molecular flexibility index (Phi) is 3.92. The molecule has 0 bridgehead atoms. The normalized spacial score (nSPS) is 13.4. The smallest absolute Gasteiger partial charge is 0.261 e. The van der Waals surface area contributed by atoms with Crippen molar-refractivity contribution in [2.24, 2.45) is 0 Å². The van der Waals surface area contributed by atoms with Gasteiger partial charge >= 0.3 is 0 Å². The molecule has 0 aliphatic carbocycles. The number of imide groups is 1. The number of carbonyl (C=O) groups is 2. The lowest BCUT2D eigenvalue weighted by molar-refractivity contribution is 0.0647. The number of carbonyl (C=O) groups excluding carboxylic acids is 2. The topological polar surface area (TPSA) is 46.6 Å². The summed E-state index contributed by atoms with van der Waals surface area (Å²) >= 11 is 0. The fourth-order valence-corrected chi connectivity index (χ4v) is 2.49. The van der Waals surface area contributed by atoms with Gasteiger partial charge in [-0.2, -0.15) is 0 Å². The summed E-state index contributed by atoms with van der Waals surface area (Å²) in [6.07, 6.45) is 0.610. The Bertz CT molecular complexity index is 672. The Morgan fingerprint density at radius 3 is 2.09 bits per heavy atom. The van der Waals surface area contributed by atoms with Crippen LogP contribution in [0.25, 0.3) is 0 Å². The molecule has 4 heteroatoms. The van der Waals surface area contributed by atoms with Crippen LogP contribution in [-0.2, 0) is 0 Å². The van der Waals surface area contributed by atoms with Gasteiger partial charge in [-0.15, -0.1) is 0 Å². The summed E-state index contributed by atoms with van der Waals surface area (Å²) in [7, 11) is 0. The van der Waals surface area contributed by atoms with Gasteiger partial charge in [0.15, 0.2) is 0 Å². The molecule has 2 aromatic rings. The highest BCUT2D eigenvalue weighted by molar-refractivity contribution is 6.21. The highest BCUT2D eigenvalue weighted by atomic mass is 16.5. The van der Waals surface area contributed by atoms with E-state index in [9.17, 15) is 9.59 Å². The van der Waals surface area contributed by atoms with Gasteiger partial charge in [-0.25, -0.2) is 0 Å². The fourth-order valence-electron chi connectivity index (χ4n) is 2.49. The van der Waals surface area contributed by atoms with Crippen molar-refractivity contribution in [3.05, 3.63) is 65.2 Å². The van der Waals surface area contributed by atoms with E-state index in [4.69, 9.17) is 4.74 Å². The molecule has 1 heterocycles. The van der Waals surface area contributed by atoms with Gasteiger partial charge in [-0.3, -0.25) is 14.5 Å². The van der Waals surface area contributed by atoms with Crippen molar-refractivity contribution in [1.29, 1.82) is 0 Å². The molecule has 0 radical (unpaired) electrons. The number of aryl methyl sites for hydroxylation is 1. The van der Waals surface area contributed by atoms with Crippen LogP contribution in [0.1, 0.15) is 32.7 Å². The first-order chi connectivity index (χ1) is 10.7. The van der Waals surface area contributed by atoms with Crippen molar-refractivity contribution in [3.8, 4) is 5.75 Å². The first kappa shape index (κ1) is 14.3. The lowest BCUT2D eigenvalue weighted by atomic mass is 10.1. The summed E-state index contributed by atoms with van der Waals surface area (Å²) in [5, 5.41) is 0. The summed E-state index contributed by atoms with van der Waals surface area (Å²) in [4.78, 5) is 25.6. The van der Waals surface area contributed by atoms with Crippen LogP contribution in [0.2, 0.25) is 0 Å². The maximum absolute atomic E-state index is 12.2. The van der Waals surface area contributed by atoms with Gasteiger partial charge in [0, 0.05) is 6.54 Å². The minimum Gasteiger partial charge on any atom is -0.494 e. The molecule has 0 spiro atoms. The molecule has 22 heavy (non-hydrogen) atoms. The average molecular weight is 295 g/mol. The third-order valence-corrected chi connectivity index (χ3v) is 3.69. The van der Waals surface area contributed by atoms with E-state index in [1.165, 1.54) is 10.5 Å². The molecule has 2 amide bonds. The van der Waals surface area contributed by atoms with E-state index in [-0.39, 0.29) is 11.8 Å². The summed E-state index contributed by atoms with van der Waals surface area (Å²) in [5.41, 5.74) is 2.16. The predicted molar refractivity (Wildman–Crippen MR) is 83.1 cm³/mol. The van der Waals surface area contributed by atoms with Crippen LogP contribution >= 0.6 is 0 Å². The second-order valence-electron chi connectivity index (χ2n) is 5.32. The highest BCUT2D eigenvalue weighted by Gasteiger charge is 2.34. The van der Waals surface area contributed by atoms with E-state index < -0.39 is 0 Å². The summed E-state index contributed by atoms with van der Waals surface area (Å²) in [6, 6.07) is 14.7. The molecule has 1 aliphatic rings. The van der Waals surface area contributed by atoms with Gasteiger partial charge in [0.25, 0.3) is 11.8 Å². The Morgan fingerprint density at radius 1 is 0.909 bits per heavy atom. The van der Waals surface area contributed by atoms with Crippen LogP contribution in [0.3, 0.4) is 0 Å². The maximum Gasteiger partial charge on any atom is 0.261 e. The van der Waals surface area contributed by atoms with E-state index in [1.807, 2.05) is 31.2 Å². The zero-order valence-electron chi connectivity index (χ0n) is 12.4. The largest absolute Gasteiger partial charge is 0.494 e. The van der Waals surface area contributed by atoms with E-state index in [1.54, 1.807) is 24.3 Å². The standard InChI is InChI=1S/C18H17NO3/c1-13-7-9-14(10-8-13)22-12-4-11-19-17(20)15-5-2-3-6-16(15)18(19)21/h2-3,5-10H,4,11-12H2,1H3. The average Bonchev–Trinajstić information content (AvgIpc) is 2.78. The number of hydrogen-bond donors (Lipinski definition) is 0. The van der Waals surface area contributed by atoms with Crippen LogP contribution < -0.4 is 4.74 Å². The molecule has 2 aromatic carbocycles. The van der Waals surface area contributed by atoms with E-state index >= 15 is 0 Å². The molecule has 3 rings (SSSR count). The number of nitrogens with zero attached hydrogens (tertiary/aromatic N) is 1. The molecule has 0 fully saturated rings. The van der Waals surface area contributed by atoms with Gasteiger partial charge in [-0.1, -0.05) is 29.8 Å². The number of fused-ring (bicyclic) bond motifs is 1. The summed E-state index contributed by atoms with van der Waals surface area (Å²) in [5.74, 6) is 0.375. The second kappa shape index (κ2) is 6.02. The molecule has 0 saturated carbocycles. The number of hydrogen-bond acceptors (Lipinski definition) is 3. The number of amides is 2. The molecular weight excluding hydrogens is 278 g/mol. The van der Waals surface area contributed by atoms with Crippen LogP contribution in [0.15, 0.2) is 48.5 Å². The molecule has 1 aliphatic heterocycles. The molecule has 0 aromatic heterocycles. The monoisotopic (exact) mass is 295 g/mol. The predicted octanol–water partition coefficient (Wildman–Crippen LogP) is 3.06. The minimum atomic E-state index is -0.212. The Morgan fingerprint density at radius 2 is 1.50 bits per heavy atom. The minimum absolute atomic E-state index is 0.212. The molecule has 4 nitrogen and oxygen atoms in total. The fraction of sp³-hybridized carbons (Fsp3) is 0.222. The first-order valence-electron chi connectivity index (χ1n) is 7.31. The van der Waals surface area contributed by atoms with Crippen LogP contribution in [0, 0.1) is 6.92 Å². The Hall–Kier alpha value is -2.62. The lowest BCUT2D eigenvalue weighted by Gasteiger charge is -2.14. The molecule has 112 valence electrons. The molecule has 0 unspecified atom stereocenters. The van der Waals surface area contributed by atoms with Gasteiger partial charge in [0.2, 0.25) is 0 Å². The van der Waals surface area contributed by atoms with Gasteiger partial charge in [0.05, 0.1) is 17.7 Å². The highest BCUT2D eigenvalue weighted by Crippen LogP contribution is 2.22. The maximum atomic E-state index is 12.2. The number of rotatable bonds is 5. The first-order valence-corrected chi connectivity index (χ1v) is 7.31. The van der Waals surface area contributed by atoms with Crippen molar-refractivity contribution in [3.63, 3.8) is 0 Å². The van der Waals surface area contributed by atoms with Crippen molar-refractivity contribution < 1.29 is 14.3 Å². The Balaban J connectivity index is 1.54.